The first-order chi connectivity index (χ1) is 12.0. The van der Waals surface area contributed by atoms with E-state index in [1.807, 2.05) is 31.2 Å². The number of nitrogens with one attached hydrogen (secondary N) is 1. The first kappa shape index (κ1) is 16.4. The highest BCUT2D eigenvalue weighted by molar-refractivity contribution is 6.04. The lowest BCUT2D eigenvalue weighted by Gasteiger charge is -2.06. The van der Waals surface area contributed by atoms with Gasteiger partial charge in [-0.25, -0.2) is 9.07 Å². The Morgan fingerprint density at radius 3 is 2.60 bits per heavy atom. The number of hydrogen-bond acceptors (Lipinski definition) is 3. The van der Waals surface area contributed by atoms with E-state index >= 15 is 0 Å². The normalized spacial score (nSPS) is 10.5. The van der Waals surface area contributed by atoms with Gasteiger partial charge < -0.3 is 11.1 Å². The summed E-state index contributed by atoms with van der Waals surface area (Å²) < 4.78 is 15.5. The third kappa shape index (κ3) is 3.40. The minimum absolute atomic E-state index is 0.0304. The minimum atomic E-state index is -0.740. The topological polar surface area (TPSA) is 90.0 Å². The predicted molar refractivity (Wildman–Crippen MR) is 91.2 cm³/mol. The maximum atomic E-state index is 14.0. The number of hydrogen-bond donors (Lipinski definition) is 2. The van der Waals surface area contributed by atoms with Gasteiger partial charge in [-0.15, -0.1) is 0 Å². The van der Waals surface area contributed by atoms with Crippen molar-refractivity contribution in [2.75, 3.05) is 5.32 Å². The number of carbonyl (C=O) groups is 2. The molecule has 0 spiro atoms. The number of aromatic nitrogens is 2. The number of benzene rings is 2. The molecule has 126 valence electrons. The average Bonchev–Trinajstić information content (AvgIpc) is 3.07. The summed E-state index contributed by atoms with van der Waals surface area (Å²) in [6.45, 7) is 1.94. The Morgan fingerprint density at radius 1 is 1.16 bits per heavy atom. The molecule has 0 radical (unpaired) electrons. The molecule has 1 heterocycles. The van der Waals surface area contributed by atoms with Gasteiger partial charge >= 0.3 is 0 Å². The van der Waals surface area contributed by atoms with Gasteiger partial charge in [0.2, 0.25) is 5.91 Å². The monoisotopic (exact) mass is 338 g/mol. The number of nitrogens with two attached hydrogens (primary N) is 1. The van der Waals surface area contributed by atoms with E-state index in [0.29, 0.717) is 0 Å². The maximum Gasteiger partial charge on any atom is 0.258 e. The molecular formula is C18H15FN4O2. The number of rotatable bonds is 4. The Kier molecular flexibility index (Phi) is 4.30. The molecule has 6 nitrogen and oxygen atoms in total. The summed E-state index contributed by atoms with van der Waals surface area (Å²) in [4.78, 5) is 23.3. The van der Waals surface area contributed by atoms with Crippen LogP contribution in [-0.2, 0) is 0 Å². The zero-order valence-corrected chi connectivity index (χ0v) is 13.4. The Bertz CT molecular complexity index is 965. The van der Waals surface area contributed by atoms with Crippen molar-refractivity contribution in [2.24, 2.45) is 5.73 Å². The molecule has 3 rings (SSSR count). The van der Waals surface area contributed by atoms with Gasteiger partial charge in [-0.3, -0.25) is 9.59 Å². The van der Waals surface area contributed by atoms with E-state index in [1.54, 1.807) is 10.9 Å². The fraction of sp³-hybridized carbons (Fsp3) is 0.0556. The van der Waals surface area contributed by atoms with E-state index in [-0.39, 0.29) is 16.8 Å². The number of halogens is 1. The van der Waals surface area contributed by atoms with Crippen LogP contribution in [0.15, 0.2) is 54.9 Å². The molecule has 0 unspecified atom stereocenters. The molecule has 0 atom stereocenters. The zero-order chi connectivity index (χ0) is 18.0. The van der Waals surface area contributed by atoms with Crippen molar-refractivity contribution in [3.8, 4) is 5.69 Å². The number of nitrogens with zero attached hydrogens (tertiary/aromatic N) is 2. The van der Waals surface area contributed by atoms with Crippen LogP contribution in [0.4, 0.5) is 10.1 Å². The second-order valence-corrected chi connectivity index (χ2v) is 5.47. The van der Waals surface area contributed by atoms with Gasteiger partial charge in [-0.1, -0.05) is 18.2 Å². The molecular weight excluding hydrogens is 323 g/mol. The second kappa shape index (κ2) is 6.56. The summed E-state index contributed by atoms with van der Waals surface area (Å²) in [7, 11) is 0. The van der Waals surface area contributed by atoms with Crippen molar-refractivity contribution in [1.29, 1.82) is 0 Å². The molecule has 0 bridgehead atoms. The van der Waals surface area contributed by atoms with Crippen LogP contribution in [0.25, 0.3) is 5.69 Å². The number of anilines is 1. The molecule has 7 heteroatoms. The van der Waals surface area contributed by atoms with Crippen molar-refractivity contribution < 1.29 is 14.0 Å². The highest BCUT2D eigenvalue weighted by Gasteiger charge is 2.14. The molecule has 25 heavy (non-hydrogen) atoms. The van der Waals surface area contributed by atoms with Crippen LogP contribution in [0.1, 0.15) is 26.3 Å². The summed E-state index contributed by atoms with van der Waals surface area (Å²) in [5.41, 5.74) is 7.21. The van der Waals surface area contributed by atoms with Gasteiger partial charge in [0, 0.05) is 11.8 Å². The van der Waals surface area contributed by atoms with Crippen molar-refractivity contribution in [3.63, 3.8) is 0 Å². The minimum Gasteiger partial charge on any atom is -0.366 e. The van der Waals surface area contributed by atoms with Crippen molar-refractivity contribution in [2.45, 2.75) is 6.92 Å². The van der Waals surface area contributed by atoms with Crippen LogP contribution in [0.3, 0.4) is 0 Å². The SMILES string of the molecule is Cc1ccccc1-n1cc(C(=O)Nc2ccc(C(N)=O)cc2F)cn1. The number of carbonyl (C=O) groups excluding carboxylic acids is 2. The molecule has 0 aliphatic heterocycles. The van der Waals surface area contributed by atoms with E-state index < -0.39 is 17.6 Å². The number of para-hydroxylation sites is 1. The summed E-state index contributed by atoms with van der Waals surface area (Å²) in [5.74, 6) is -1.99. The van der Waals surface area contributed by atoms with Crippen molar-refractivity contribution >= 4 is 17.5 Å². The molecule has 0 saturated heterocycles. The van der Waals surface area contributed by atoms with Crippen molar-refractivity contribution in [1.82, 2.24) is 9.78 Å². The third-order valence-corrected chi connectivity index (χ3v) is 3.71. The molecule has 1 aromatic heterocycles. The molecule has 2 amide bonds. The Hall–Kier alpha value is -3.48. The lowest BCUT2D eigenvalue weighted by Crippen LogP contribution is -2.14. The molecule has 0 aliphatic rings. The van der Waals surface area contributed by atoms with Gasteiger partial charge in [-0.2, -0.15) is 5.10 Å². The van der Waals surface area contributed by atoms with Crippen LogP contribution in [0.2, 0.25) is 0 Å². The summed E-state index contributed by atoms with van der Waals surface area (Å²) in [6.07, 6.45) is 2.96. The largest absolute Gasteiger partial charge is 0.366 e. The van der Waals surface area contributed by atoms with Gasteiger partial charge in [-0.05, 0) is 36.8 Å². The van der Waals surface area contributed by atoms with Crippen LogP contribution < -0.4 is 11.1 Å². The Morgan fingerprint density at radius 2 is 1.92 bits per heavy atom. The molecule has 0 saturated carbocycles. The number of aryl methyl sites for hydroxylation is 1. The Labute approximate surface area is 143 Å². The van der Waals surface area contributed by atoms with E-state index in [0.717, 1.165) is 17.3 Å². The maximum absolute atomic E-state index is 14.0. The fourth-order valence-electron chi connectivity index (χ4n) is 2.36. The quantitative estimate of drug-likeness (QED) is 0.766. The molecule has 3 aromatic rings. The van der Waals surface area contributed by atoms with E-state index in [9.17, 15) is 14.0 Å². The lowest BCUT2D eigenvalue weighted by molar-refractivity contribution is 0.0998. The van der Waals surface area contributed by atoms with E-state index in [2.05, 4.69) is 10.4 Å². The third-order valence-electron chi connectivity index (χ3n) is 3.71. The standard InChI is InChI=1S/C18H15FN4O2/c1-11-4-2-3-5-16(11)23-10-13(9-21-23)18(25)22-15-7-6-12(17(20)24)8-14(15)19/h2-10H,1H3,(H2,20,24)(H,22,25). The molecule has 0 aliphatic carbocycles. The number of primary amides is 1. The van der Waals surface area contributed by atoms with Gasteiger partial charge in [0.05, 0.1) is 23.1 Å². The zero-order valence-electron chi connectivity index (χ0n) is 13.4. The van der Waals surface area contributed by atoms with Gasteiger partial charge in [0.1, 0.15) is 5.82 Å². The van der Waals surface area contributed by atoms with E-state index in [1.165, 1.54) is 18.3 Å². The lowest BCUT2D eigenvalue weighted by atomic mass is 10.2. The summed E-state index contributed by atoms with van der Waals surface area (Å²) in [6, 6.07) is 11.2. The average molecular weight is 338 g/mol. The Balaban J connectivity index is 1.81. The first-order valence-corrected chi connectivity index (χ1v) is 7.47. The smallest absolute Gasteiger partial charge is 0.258 e. The number of amides is 2. The highest BCUT2D eigenvalue weighted by atomic mass is 19.1. The molecule has 2 aromatic carbocycles. The van der Waals surface area contributed by atoms with Gasteiger partial charge in [0.15, 0.2) is 0 Å². The summed E-state index contributed by atoms with van der Waals surface area (Å²) in [5, 5.41) is 6.62. The van der Waals surface area contributed by atoms with Crippen LogP contribution in [0.5, 0.6) is 0 Å². The van der Waals surface area contributed by atoms with E-state index in [4.69, 9.17) is 5.73 Å². The summed E-state index contributed by atoms with van der Waals surface area (Å²) >= 11 is 0. The van der Waals surface area contributed by atoms with Crippen LogP contribution in [-0.4, -0.2) is 21.6 Å². The van der Waals surface area contributed by atoms with Crippen LogP contribution >= 0.6 is 0 Å². The van der Waals surface area contributed by atoms with Crippen LogP contribution in [0, 0.1) is 12.7 Å². The second-order valence-electron chi connectivity index (χ2n) is 5.47. The first-order valence-electron chi connectivity index (χ1n) is 7.47. The van der Waals surface area contributed by atoms with Crippen molar-refractivity contribution in [3.05, 3.63) is 77.4 Å². The fourth-order valence-corrected chi connectivity index (χ4v) is 2.36. The molecule has 0 fully saturated rings. The predicted octanol–water partition coefficient (Wildman–Crippen LogP) is 2.67. The highest BCUT2D eigenvalue weighted by Crippen LogP contribution is 2.18. The molecule has 3 N–H and O–H groups in total. The van der Waals surface area contributed by atoms with Gasteiger partial charge in [0.25, 0.3) is 5.91 Å².